The zero-order valence-corrected chi connectivity index (χ0v) is 15.2. The molecule has 0 aliphatic rings. The van der Waals surface area contributed by atoms with Crippen molar-refractivity contribution in [2.24, 2.45) is 5.10 Å². The molecule has 0 bridgehead atoms. The highest BCUT2D eigenvalue weighted by Gasteiger charge is 2.13. The predicted molar refractivity (Wildman–Crippen MR) is 103 cm³/mol. The number of amides is 2. The molecule has 2 amide bonds. The summed E-state index contributed by atoms with van der Waals surface area (Å²) in [4.78, 5) is 23.8. The van der Waals surface area contributed by atoms with E-state index in [1.165, 1.54) is 6.21 Å². The molecule has 26 heavy (non-hydrogen) atoms. The lowest BCUT2D eigenvalue weighted by molar-refractivity contribution is -0.136. The van der Waals surface area contributed by atoms with Crippen LogP contribution in [0.5, 0.6) is 5.75 Å². The minimum Gasteiger partial charge on any atom is -0.493 e. The maximum absolute atomic E-state index is 11.9. The molecule has 6 heteroatoms. The fraction of sp³-hybridized carbons (Fsp3) is 0.250. The molecule has 0 saturated heterocycles. The summed E-state index contributed by atoms with van der Waals surface area (Å²) in [6.07, 6.45) is 1.44. The summed E-state index contributed by atoms with van der Waals surface area (Å²) in [6, 6.07) is 14.7. The van der Waals surface area contributed by atoms with Gasteiger partial charge in [0.25, 0.3) is 0 Å². The minimum absolute atomic E-state index is 0.400. The number of carbonyl (C=O) groups is 2. The number of rotatable bonds is 6. The van der Waals surface area contributed by atoms with Crippen LogP contribution in [-0.4, -0.2) is 24.6 Å². The van der Waals surface area contributed by atoms with Gasteiger partial charge < -0.3 is 10.1 Å². The first-order valence-electron chi connectivity index (χ1n) is 8.47. The van der Waals surface area contributed by atoms with Gasteiger partial charge in [0.1, 0.15) is 5.75 Å². The monoisotopic (exact) mass is 353 g/mol. The fourth-order valence-corrected chi connectivity index (χ4v) is 2.22. The Labute approximate surface area is 153 Å². The molecule has 0 aliphatic carbocycles. The molecule has 0 heterocycles. The van der Waals surface area contributed by atoms with E-state index in [4.69, 9.17) is 4.74 Å². The Kier molecular flexibility index (Phi) is 6.91. The zero-order valence-electron chi connectivity index (χ0n) is 15.2. The summed E-state index contributed by atoms with van der Waals surface area (Å²) in [5, 5.41) is 6.36. The first kappa shape index (κ1) is 19.2. The van der Waals surface area contributed by atoms with Crippen LogP contribution in [0.2, 0.25) is 0 Å². The van der Waals surface area contributed by atoms with Crippen molar-refractivity contribution in [3.8, 4) is 5.75 Å². The van der Waals surface area contributed by atoms with E-state index >= 15 is 0 Å². The molecule has 0 saturated carbocycles. The number of para-hydroxylation sites is 1. The summed E-state index contributed by atoms with van der Waals surface area (Å²) in [5.74, 6) is -0.569. The lowest BCUT2D eigenvalue weighted by Crippen LogP contribution is -2.32. The molecular formula is C20H23N3O3. The van der Waals surface area contributed by atoms with Crippen LogP contribution in [0.1, 0.15) is 37.8 Å². The van der Waals surface area contributed by atoms with Crippen molar-refractivity contribution >= 4 is 23.7 Å². The van der Waals surface area contributed by atoms with E-state index in [-0.39, 0.29) is 0 Å². The highest BCUT2D eigenvalue weighted by Crippen LogP contribution is 2.17. The second-order valence-electron chi connectivity index (χ2n) is 5.90. The SMILES string of the molecule is CCOc1ccccc1/C=N\NC(=O)C(=O)Nc1ccc(C(C)C)cc1. The molecule has 136 valence electrons. The van der Waals surface area contributed by atoms with Crippen molar-refractivity contribution < 1.29 is 14.3 Å². The van der Waals surface area contributed by atoms with Crippen molar-refractivity contribution in [2.75, 3.05) is 11.9 Å². The van der Waals surface area contributed by atoms with Crippen LogP contribution < -0.4 is 15.5 Å². The third-order valence-electron chi connectivity index (χ3n) is 3.63. The fourth-order valence-electron chi connectivity index (χ4n) is 2.22. The Morgan fingerprint density at radius 2 is 1.77 bits per heavy atom. The van der Waals surface area contributed by atoms with E-state index in [0.717, 1.165) is 5.56 Å². The molecule has 0 unspecified atom stereocenters. The molecule has 0 fully saturated rings. The average molecular weight is 353 g/mol. The zero-order chi connectivity index (χ0) is 18.9. The van der Waals surface area contributed by atoms with Gasteiger partial charge in [-0.2, -0.15) is 5.10 Å². The third kappa shape index (κ3) is 5.44. The van der Waals surface area contributed by atoms with Crippen LogP contribution in [0, 0.1) is 0 Å². The second-order valence-corrected chi connectivity index (χ2v) is 5.90. The Bertz CT molecular complexity index is 783. The smallest absolute Gasteiger partial charge is 0.329 e. The number of anilines is 1. The largest absolute Gasteiger partial charge is 0.493 e. The molecular weight excluding hydrogens is 330 g/mol. The normalized spacial score (nSPS) is 10.8. The van der Waals surface area contributed by atoms with Gasteiger partial charge in [0.15, 0.2) is 0 Å². The summed E-state index contributed by atoms with van der Waals surface area (Å²) < 4.78 is 5.46. The van der Waals surface area contributed by atoms with E-state index in [1.54, 1.807) is 24.3 Å². The van der Waals surface area contributed by atoms with Crippen LogP contribution in [0.25, 0.3) is 0 Å². The number of nitrogens with zero attached hydrogens (tertiary/aromatic N) is 1. The number of hydrazone groups is 1. The molecule has 0 aliphatic heterocycles. The van der Waals surface area contributed by atoms with Gasteiger partial charge in [-0.15, -0.1) is 0 Å². The van der Waals surface area contributed by atoms with E-state index in [1.807, 2.05) is 31.2 Å². The van der Waals surface area contributed by atoms with Crippen LogP contribution >= 0.6 is 0 Å². The van der Waals surface area contributed by atoms with Gasteiger partial charge in [-0.25, -0.2) is 5.43 Å². The molecule has 2 rings (SSSR count). The number of carbonyl (C=O) groups excluding carboxylic acids is 2. The number of benzene rings is 2. The van der Waals surface area contributed by atoms with Crippen LogP contribution in [-0.2, 0) is 9.59 Å². The molecule has 2 N–H and O–H groups in total. The van der Waals surface area contributed by atoms with Crippen molar-refractivity contribution in [1.82, 2.24) is 5.43 Å². The average Bonchev–Trinajstić information content (AvgIpc) is 2.63. The van der Waals surface area contributed by atoms with Gasteiger partial charge in [-0.3, -0.25) is 9.59 Å². The molecule has 6 nitrogen and oxygen atoms in total. The summed E-state index contributed by atoms with van der Waals surface area (Å²) in [7, 11) is 0. The molecule has 0 radical (unpaired) electrons. The molecule has 2 aromatic carbocycles. The highest BCUT2D eigenvalue weighted by atomic mass is 16.5. The van der Waals surface area contributed by atoms with E-state index in [0.29, 0.717) is 29.5 Å². The van der Waals surface area contributed by atoms with Crippen molar-refractivity contribution in [1.29, 1.82) is 0 Å². The predicted octanol–water partition coefficient (Wildman–Crippen LogP) is 3.30. The highest BCUT2D eigenvalue weighted by molar-refractivity contribution is 6.39. The van der Waals surface area contributed by atoms with E-state index in [2.05, 4.69) is 29.7 Å². The molecule has 0 spiro atoms. The number of ether oxygens (including phenoxy) is 1. The second kappa shape index (κ2) is 9.36. The molecule has 0 aromatic heterocycles. The lowest BCUT2D eigenvalue weighted by Gasteiger charge is -2.08. The first-order chi connectivity index (χ1) is 12.5. The number of hydrogen-bond donors (Lipinski definition) is 2. The van der Waals surface area contributed by atoms with Crippen LogP contribution in [0.3, 0.4) is 0 Å². The standard InChI is InChI=1S/C20H23N3O3/c1-4-26-18-8-6-5-7-16(18)13-21-23-20(25)19(24)22-17-11-9-15(10-12-17)14(2)3/h5-14H,4H2,1-3H3,(H,22,24)(H,23,25)/b21-13-. The Morgan fingerprint density at radius 1 is 1.08 bits per heavy atom. The van der Waals surface area contributed by atoms with Crippen LogP contribution in [0.15, 0.2) is 53.6 Å². The lowest BCUT2D eigenvalue weighted by atomic mass is 10.0. The first-order valence-corrected chi connectivity index (χ1v) is 8.47. The van der Waals surface area contributed by atoms with Gasteiger partial charge in [0.2, 0.25) is 0 Å². The van der Waals surface area contributed by atoms with Gasteiger partial charge in [0, 0.05) is 11.3 Å². The number of hydrogen-bond acceptors (Lipinski definition) is 4. The quantitative estimate of drug-likeness (QED) is 0.475. The summed E-state index contributed by atoms with van der Waals surface area (Å²) in [6.45, 7) is 6.58. The molecule has 0 atom stereocenters. The van der Waals surface area contributed by atoms with Crippen LogP contribution in [0.4, 0.5) is 5.69 Å². The topological polar surface area (TPSA) is 79.8 Å². The Hall–Kier alpha value is -3.15. The van der Waals surface area contributed by atoms with Gasteiger partial charge >= 0.3 is 11.8 Å². The maximum Gasteiger partial charge on any atom is 0.329 e. The van der Waals surface area contributed by atoms with E-state index < -0.39 is 11.8 Å². The van der Waals surface area contributed by atoms with Gasteiger partial charge in [-0.1, -0.05) is 38.1 Å². The van der Waals surface area contributed by atoms with Crippen molar-refractivity contribution in [3.63, 3.8) is 0 Å². The summed E-state index contributed by atoms with van der Waals surface area (Å²) >= 11 is 0. The van der Waals surface area contributed by atoms with Crippen molar-refractivity contribution in [3.05, 3.63) is 59.7 Å². The maximum atomic E-state index is 11.9. The minimum atomic E-state index is -0.844. The Balaban J connectivity index is 1.92. The van der Waals surface area contributed by atoms with E-state index in [9.17, 15) is 9.59 Å². The third-order valence-corrected chi connectivity index (χ3v) is 3.63. The van der Waals surface area contributed by atoms with Gasteiger partial charge in [-0.05, 0) is 42.7 Å². The molecule has 2 aromatic rings. The summed E-state index contributed by atoms with van der Waals surface area (Å²) in [5.41, 5.74) is 4.63. The van der Waals surface area contributed by atoms with Crippen molar-refractivity contribution in [2.45, 2.75) is 26.7 Å². The Morgan fingerprint density at radius 3 is 2.42 bits per heavy atom. The van der Waals surface area contributed by atoms with Gasteiger partial charge in [0.05, 0.1) is 12.8 Å². The number of nitrogens with one attached hydrogen (secondary N) is 2.